The van der Waals surface area contributed by atoms with Crippen LogP contribution in [0.4, 0.5) is 0 Å². The van der Waals surface area contributed by atoms with Gasteiger partial charge in [-0.2, -0.15) is 5.10 Å². The highest BCUT2D eigenvalue weighted by Crippen LogP contribution is 2.01. The number of rotatable bonds is 1. The molecule has 0 amide bonds. The molecule has 2 rings (SSSR count). The fourth-order valence-electron chi connectivity index (χ4n) is 0.891. The summed E-state index contributed by atoms with van der Waals surface area (Å²) in [5.41, 5.74) is 0. The second kappa shape index (κ2) is 2.19. The van der Waals surface area contributed by atoms with Gasteiger partial charge in [-0.05, 0) is 0 Å². The van der Waals surface area contributed by atoms with E-state index in [9.17, 15) is 0 Å². The van der Waals surface area contributed by atoms with E-state index in [0.717, 1.165) is 5.82 Å². The molecule has 0 unspecified atom stereocenters. The Kier molecular flexibility index (Phi) is 1.01. The van der Waals surface area contributed by atoms with Crippen LogP contribution in [0.1, 0.15) is 1.37 Å². The molecule has 2 aromatic heterocycles. The Morgan fingerprint density at radius 2 is 2.45 bits per heavy atom. The fraction of sp³-hybridized carbons (Fsp3) is 0.167. The third-order valence-corrected chi connectivity index (χ3v) is 1.42. The van der Waals surface area contributed by atoms with E-state index >= 15 is 0 Å². The Morgan fingerprint density at radius 3 is 3.00 bits per heavy atom. The molecule has 56 valence electrons. The summed E-state index contributed by atoms with van der Waals surface area (Å²) in [6.45, 7) is 0. The largest absolute Gasteiger partial charge is 0.272 e. The lowest BCUT2D eigenvalue weighted by atomic mass is 10.6. The molecule has 5 nitrogen and oxygen atoms in total. The molecule has 0 fully saturated rings. The maximum absolute atomic E-state index is 7.37. The normalized spacial score (nSPS) is 11.5. The van der Waals surface area contributed by atoms with Crippen LogP contribution in [0, 0.1) is 0 Å². The molecule has 0 N–H and O–H groups in total. The van der Waals surface area contributed by atoms with E-state index in [2.05, 4.69) is 15.3 Å². The predicted octanol–water partition coefficient (Wildman–Crippen LogP) is 0.000800. The molecule has 5 heteroatoms. The van der Waals surface area contributed by atoms with Gasteiger partial charge in [0.2, 0.25) is 0 Å². The average Bonchev–Trinajstić information content (AvgIpc) is 2.59. The minimum Gasteiger partial charge on any atom is -0.272 e. The molecule has 0 aliphatic rings. The van der Waals surface area contributed by atoms with Crippen molar-refractivity contribution in [3.05, 3.63) is 24.9 Å². The molecule has 0 saturated heterocycles. The number of hydrogen-bond acceptors (Lipinski definition) is 3. The van der Waals surface area contributed by atoms with Gasteiger partial charge in [0.15, 0.2) is 0 Å². The first-order valence-electron chi connectivity index (χ1n) is 3.64. The Hall–Kier alpha value is -1.65. The van der Waals surface area contributed by atoms with E-state index < -0.39 is 0 Å². The van der Waals surface area contributed by atoms with E-state index in [4.69, 9.17) is 1.37 Å². The van der Waals surface area contributed by atoms with Crippen molar-refractivity contribution in [1.29, 1.82) is 0 Å². The lowest BCUT2D eigenvalue weighted by Gasteiger charge is -1.98. The van der Waals surface area contributed by atoms with Crippen LogP contribution in [0.5, 0.6) is 0 Å². The van der Waals surface area contributed by atoms with Crippen molar-refractivity contribution in [2.24, 2.45) is 7.05 Å². The van der Waals surface area contributed by atoms with Crippen molar-refractivity contribution in [2.75, 3.05) is 0 Å². The Morgan fingerprint density at radius 1 is 1.55 bits per heavy atom. The van der Waals surface area contributed by atoms with Gasteiger partial charge < -0.3 is 0 Å². The quantitative estimate of drug-likeness (QED) is 0.575. The Bertz CT molecular complexity index is 352. The molecule has 11 heavy (non-hydrogen) atoms. The topological polar surface area (TPSA) is 48.5 Å². The molecule has 2 aromatic rings. The Labute approximate surface area is 64.7 Å². The van der Waals surface area contributed by atoms with Gasteiger partial charge in [0.25, 0.3) is 0 Å². The smallest absolute Gasteiger partial charge is 0.137 e. The third kappa shape index (κ3) is 0.899. The van der Waals surface area contributed by atoms with Gasteiger partial charge in [-0.3, -0.25) is 9.25 Å². The minimum atomic E-state index is 0.110. The minimum absolute atomic E-state index is 0.110. The van der Waals surface area contributed by atoms with Gasteiger partial charge in [-0.25, -0.2) is 0 Å². The van der Waals surface area contributed by atoms with Gasteiger partial charge in [0.1, 0.15) is 19.8 Å². The summed E-state index contributed by atoms with van der Waals surface area (Å²) in [4.78, 5) is 0. The van der Waals surface area contributed by atoms with Crippen molar-refractivity contribution >= 4 is 0 Å². The summed E-state index contributed by atoms with van der Waals surface area (Å²) in [6.07, 6.45) is 3.26. The zero-order valence-electron chi connectivity index (χ0n) is 6.97. The maximum Gasteiger partial charge on any atom is 0.137 e. The molecule has 0 bridgehead atoms. The van der Waals surface area contributed by atoms with Crippen LogP contribution in [0.25, 0.3) is 5.82 Å². The molecular weight excluding hydrogens is 142 g/mol. The summed E-state index contributed by atoms with van der Waals surface area (Å²) in [6, 6.07) is 1.79. The second-order valence-corrected chi connectivity index (χ2v) is 2.11. The van der Waals surface area contributed by atoms with E-state index in [0.29, 0.717) is 0 Å². The van der Waals surface area contributed by atoms with Crippen LogP contribution in [0.15, 0.2) is 24.9 Å². The summed E-state index contributed by atoms with van der Waals surface area (Å²) in [7, 11) is 1.80. The van der Waals surface area contributed by atoms with E-state index in [1.807, 2.05) is 0 Å². The molecule has 0 radical (unpaired) electrons. The van der Waals surface area contributed by atoms with Crippen molar-refractivity contribution in [1.82, 2.24) is 24.5 Å². The van der Waals surface area contributed by atoms with Crippen LogP contribution in [-0.2, 0) is 7.05 Å². The Balaban J connectivity index is 2.57. The van der Waals surface area contributed by atoms with Gasteiger partial charge in [-0.15, -0.1) is 10.2 Å². The molecule has 0 aliphatic carbocycles. The first-order chi connectivity index (χ1) is 5.79. The molecule has 2 heterocycles. The fourth-order valence-corrected chi connectivity index (χ4v) is 0.891. The van der Waals surface area contributed by atoms with Crippen LogP contribution in [0.3, 0.4) is 0 Å². The van der Waals surface area contributed by atoms with Crippen LogP contribution in [-0.4, -0.2) is 24.5 Å². The first kappa shape index (κ1) is 5.06. The van der Waals surface area contributed by atoms with Crippen molar-refractivity contribution < 1.29 is 1.37 Å². The number of nitrogens with zero attached hydrogens (tertiary/aromatic N) is 5. The van der Waals surface area contributed by atoms with Crippen molar-refractivity contribution in [3.8, 4) is 5.82 Å². The van der Waals surface area contributed by atoms with E-state index in [-0.39, 0.29) is 6.30 Å². The number of aryl methyl sites for hydroxylation is 1. The number of aromatic nitrogens is 5. The molecule has 0 aliphatic heterocycles. The van der Waals surface area contributed by atoms with Crippen LogP contribution in [0.2, 0.25) is 0 Å². The van der Waals surface area contributed by atoms with E-state index in [1.165, 1.54) is 6.33 Å². The predicted molar refractivity (Wildman–Crippen MR) is 38.1 cm³/mol. The van der Waals surface area contributed by atoms with Crippen LogP contribution >= 0.6 is 0 Å². The lowest BCUT2D eigenvalue weighted by molar-refractivity contribution is 0.729. The summed E-state index contributed by atoms with van der Waals surface area (Å²) < 4.78 is 10.6. The standard InChI is InChI=1S/C6H7N5/c1-10-6(2-3-9-10)11-4-7-8-5-11/h2-5H,1H3/i4D. The summed E-state index contributed by atoms with van der Waals surface area (Å²) in [5.74, 6) is 0.782. The molecule has 0 spiro atoms. The lowest BCUT2D eigenvalue weighted by Crippen LogP contribution is -2.00. The summed E-state index contributed by atoms with van der Waals surface area (Å²) in [5, 5.41) is 11.1. The summed E-state index contributed by atoms with van der Waals surface area (Å²) >= 11 is 0. The van der Waals surface area contributed by atoms with Gasteiger partial charge in [0, 0.05) is 13.1 Å². The number of hydrogen-bond donors (Lipinski definition) is 0. The maximum atomic E-state index is 7.37. The average molecular weight is 150 g/mol. The van der Waals surface area contributed by atoms with Crippen molar-refractivity contribution in [3.63, 3.8) is 0 Å². The zero-order chi connectivity index (χ0) is 8.55. The van der Waals surface area contributed by atoms with Crippen LogP contribution < -0.4 is 0 Å². The molecule has 0 saturated carbocycles. The molecule has 0 atom stereocenters. The highest BCUT2D eigenvalue weighted by molar-refractivity contribution is 5.18. The first-order valence-corrected chi connectivity index (χ1v) is 3.14. The van der Waals surface area contributed by atoms with Gasteiger partial charge >= 0.3 is 0 Å². The molecule has 0 aromatic carbocycles. The zero-order valence-corrected chi connectivity index (χ0v) is 5.97. The third-order valence-electron chi connectivity index (χ3n) is 1.42. The molecular formula is C6H7N5. The van der Waals surface area contributed by atoms with Gasteiger partial charge in [0.05, 0.1) is 6.20 Å². The monoisotopic (exact) mass is 150 g/mol. The highest BCUT2D eigenvalue weighted by atomic mass is 15.3. The second-order valence-electron chi connectivity index (χ2n) is 2.11. The highest BCUT2D eigenvalue weighted by Gasteiger charge is 1.98. The SMILES string of the molecule is [2H]c1nncn1-c1ccnn1C. The van der Waals surface area contributed by atoms with Gasteiger partial charge in [-0.1, -0.05) is 0 Å². The van der Waals surface area contributed by atoms with E-state index in [1.54, 1.807) is 28.6 Å². The van der Waals surface area contributed by atoms with Crippen molar-refractivity contribution in [2.45, 2.75) is 0 Å².